The van der Waals surface area contributed by atoms with Crippen molar-refractivity contribution in [3.05, 3.63) is 45.7 Å². The van der Waals surface area contributed by atoms with Crippen molar-refractivity contribution >= 4 is 33.5 Å². The van der Waals surface area contributed by atoms with Crippen LogP contribution in [0.3, 0.4) is 0 Å². The molecule has 144 valence electrons. The van der Waals surface area contributed by atoms with Crippen LogP contribution in [0.4, 0.5) is 11.6 Å². The predicted octanol–water partition coefficient (Wildman–Crippen LogP) is 4.21. The molecule has 0 spiro atoms. The molecule has 2 aromatic heterocycles. The zero-order chi connectivity index (χ0) is 19.1. The molecule has 4 rings (SSSR count). The summed E-state index contributed by atoms with van der Waals surface area (Å²) in [4.78, 5) is 19.9. The Morgan fingerprint density at radius 3 is 2.19 bits per heavy atom. The number of anilines is 2. The molecule has 6 nitrogen and oxygen atoms in total. The number of aromatic nitrogens is 2. The van der Waals surface area contributed by atoms with Crippen molar-refractivity contribution in [1.29, 1.82) is 0 Å². The second kappa shape index (κ2) is 9.69. The van der Waals surface area contributed by atoms with E-state index in [1.807, 2.05) is 12.3 Å². The lowest BCUT2D eigenvalue weighted by Crippen LogP contribution is -2.06. The maximum absolute atomic E-state index is 11.3. The van der Waals surface area contributed by atoms with E-state index in [1.54, 1.807) is 6.20 Å². The van der Waals surface area contributed by atoms with Gasteiger partial charge < -0.3 is 15.4 Å². The molecule has 4 heterocycles. The van der Waals surface area contributed by atoms with E-state index in [0.29, 0.717) is 5.56 Å². The molecule has 2 N–H and O–H groups in total. The molecule has 0 saturated carbocycles. The third-order valence-electron chi connectivity index (χ3n) is 4.65. The average Bonchev–Trinajstić information content (AvgIpc) is 3.07. The molecule has 0 bridgehead atoms. The summed E-state index contributed by atoms with van der Waals surface area (Å²) >= 11 is 3.43. The highest BCUT2D eigenvalue weighted by Gasteiger charge is 2.12. The van der Waals surface area contributed by atoms with Crippen LogP contribution in [0.5, 0.6) is 0 Å². The Hall–Kier alpha value is -2.15. The summed E-state index contributed by atoms with van der Waals surface area (Å²) in [6, 6.07) is 4.02. The minimum Gasteiger partial charge on any atom is -0.465 e. The number of halogens is 1. The summed E-state index contributed by atoms with van der Waals surface area (Å²) < 4.78 is 5.73. The van der Waals surface area contributed by atoms with E-state index in [1.165, 1.54) is 25.5 Å². The van der Waals surface area contributed by atoms with Crippen molar-refractivity contribution in [2.24, 2.45) is 0 Å². The van der Waals surface area contributed by atoms with E-state index in [4.69, 9.17) is 0 Å². The highest BCUT2D eigenvalue weighted by molar-refractivity contribution is 9.10. The van der Waals surface area contributed by atoms with Crippen LogP contribution < -0.4 is 10.6 Å². The molecule has 0 fully saturated rings. The topological polar surface area (TPSA) is 76.1 Å². The largest absolute Gasteiger partial charge is 0.465 e. The lowest BCUT2D eigenvalue weighted by Gasteiger charge is -2.07. The van der Waals surface area contributed by atoms with Gasteiger partial charge in [-0.3, -0.25) is 0 Å². The first-order valence-electron chi connectivity index (χ1n) is 9.37. The van der Waals surface area contributed by atoms with Crippen LogP contribution in [-0.2, 0) is 17.6 Å². The normalized spacial score (nSPS) is 15.3. The van der Waals surface area contributed by atoms with Gasteiger partial charge in [0.2, 0.25) is 0 Å². The molecular formula is C20H25BrN4O2. The Morgan fingerprint density at radius 2 is 1.56 bits per heavy atom. The number of hydrogen-bond acceptors (Lipinski definition) is 6. The second-order valence-corrected chi connectivity index (χ2v) is 7.57. The molecule has 0 aromatic carbocycles. The molecule has 0 radical (unpaired) electrons. The van der Waals surface area contributed by atoms with Crippen LogP contribution in [0, 0.1) is 0 Å². The molecule has 27 heavy (non-hydrogen) atoms. The van der Waals surface area contributed by atoms with Crippen LogP contribution in [0.25, 0.3) is 0 Å². The fraction of sp³-hybridized carbons (Fsp3) is 0.450. The Morgan fingerprint density at radius 1 is 0.963 bits per heavy atom. The van der Waals surface area contributed by atoms with E-state index < -0.39 is 0 Å². The maximum atomic E-state index is 11.3. The number of fused-ring (bicyclic) bond motifs is 2. The summed E-state index contributed by atoms with van der Waals surface area (Å²) in [6.45, 7) is 2.01. The Balaban J connectivity index is 0.000000159. The van der Waals surface area contributed by atoms with Gasteiger partial charge in [-0.2, -0.15) is 0 Å². The van der Waals surface area contributed by atoms with Crippen molar-refractivity contribution in [1.82, 2.24) is 9.97 Å². The Kier molecular flexibility index (Phi) is 7.04. The third kappa shape index (κ3) is 5.42. The van der Waals surface area contributed by atoms with E-state index in [2.05, 4.69) is 47.3 Å². The third-order valence-corrected chi connectivity index (χ3v) is 5.09. The highest BCUT2D eigenvalue weighted by Crippen LogP contribution is 2.22. The van der Waals surface area contributed by atoms with Gasteiger partial charge in [-0.15, -0.1) is 0 Å². The van der Waals surface area contributed by atoms with Gasteiger partial charge in [-0.25, -0.2) is 14.8 Å². The maximum Gasteiger partial charge on any atom is 0.339 e. The number of aryl methyl sites for hydroxylation is 2. The minimum atomic E-state index is -0.324. The fourth-order valence-electron chi connectivity index (χ4n) is 3.21. The molecular weight excluding hydrogens is 408 g/mol. The fourth-order valence-corrected chi connectivity index (χ4v) is 3.59. The lowest BCUT2D eigenvalue weighted by atomic mass is 10.1. The Bertz CT molecular complexity index is 798. The van der Waals surface area contributed by atoms with E-state index >= 15 is 0 Å². The van der Waals surface area contributed by atoms with Crippen molar-refractivity contribution in [2.75, 3.05) is 30.8 Å². The smallest absolute Gasteiger partial charge is 0.339 e. The van der Waals surface area contributed by atoms with Gasteiger partial charge in [-0.05, 0) is 77.7 Å². The van der Waals surface area contributed by atoms with Gasteiger partial charge in [0.1, 0.15) is 11.6 Å². The van der Waals surface area contributed by atoms with Crippen LogP contribution in [0.2, 0.25) is 0 Å². The van der Waals surface area contributed by atoms with Gasteiger partial charge in [0, 0.05) is 30.0 Å². The van der Waals surface area contributed by atoms with Gasteiger partial charge in [0.25, 0.3) is 0 Å². The number of nitrogens with zero attached hydrogens (tertiary/aromatic N) is 2. The zero-order valence-electron chi connectivity index (χ0n) is 15.6. The number of esters is 1. The molecule has 2 aliphatic heterocycles. The first kappa shape index (κ1) is 19.6. The van der Waals surface area contributed by atoms with Crippen LogP contribution >= 0.6 is 15.9 Å². The highest BCUT2D eigenvalue weighted by atomic mass is 79.9. The lowest BCUT2D eigenvalue weighted by molar-refractivity contribution is 0.0600. The van der Waals surface area contributed by atoms with E-state index in [9.17, 15) is 4.79 Å². The first-order chi connectivity index (χ1) is 13.2. The molecule has 0 aliphatic carbocycles. The van der Waals surface area contributed by atoms with E-state index in [-0.39, 0.29) is 5.97 Å². The van der Waals surface area contributed by atoms with Crippen molar-refractivity contribution in [3.8, 4) is 0 Å². The molecule has 0 atom stereocenters. The summed E-state index contributed by atoms with van der Waals surface area (Å²) in [5.74, 6) is 1.64. The number of methoxy groups -OCH3 is 1. The molecule has 0 amide bonds. The Labute approximate surface area is 168 Å². The molecule has 7 heteroatoms. The van der Waals surface area contributed by atoms with Gasteiger partial charge in [-0.1, -0.05) is 0 Å². The van der Waals surface area contributed by atoms with Crippen molar-refractivity contribution in [3.63, 3.8) is 0 Å². The van der Waals surface area contributed by atoms with Crippen LogP contribution in [0.1, 0.15) is 47.2 Å². The van der Waals surface area contributed by atoms with Crippen LogP contribution in [-0.4, -0.2) is 36.1 Å². The van der Waals surface area contributed by atoms with Gasteiger partial charge in [0.05, 0.1) is 12.7 Å². The molecule has 0 unspecified atom stereocenters. The SMILES string of the molecule is Brc1cnc2c(c1)CCCCN2.COC(=O)c1cnc2c(c1)CCCCN2. The average molecular weight is 433 g/mol. The number of hydrogen-bond donors (Lipinski definition) is 2. The number of rotatable bonds is 1. The summed E-state index contributed by atoms with van der Waals surface area (Å²) in [6.07, 6.45) is 10.3. The number of nitrogens with one attached hydrogen (secondary N) is 2. The summed E-state index contributed by atoms with van der Waals surface area (Å²) in [5, 5.41) is 6.57. The quantitative estimate of drug-likeness (QED) is 0.657. The van der Waals surface area contributed by atoms with Crippen molar-refractivity contribution in [2.45, 2.75) is 38.5 Å². The molecule has 0 saturated heterocycles. The minimum absolute atomic E-state index is 0.324. The zero-order valence-corrected chi connectivity index (χ0v) is 17.1. The van der Waals surface area contributed by atoms with Crippen LogP contribution in [0.15, 0.2) is 29.0 Å². The predicted molar refractivity (Wildman–Crippen MR) is 110 cm³/mol. The monoisotopic (exact) mass is 432 g/mol. The summed E-state index contributed by atoms with van der Waals surface area (Å²) in [5.41, 5.74) is 2.97. The number of pyridine rings is 2. The van der Waals surface area contributed by atoms with E-state index in [0.717, 1.165) is 60.4 Å². The standard InChI is InChI=1S/C11H14N2O2.C9H11BrN2/c1-15-11(14)9-6-8-4-2-3-5-12-10(8)13-7-9;10-8-5-7-3-1-2-4-11-9(7)12-6-8/h6-7H,2-5H2,1H3,(H,12,13);5-6H,1-4H2,(H,11,12). The van der Waals surface area contributed by atoms with Crippen molar-refractivity contribution < 1.29 is 9.53 Å². The van der Waals surface area contributed by atoms with Gasteiger partial charge in [0.15, 0.2) is 0 Å². The number of carbonyl (C=O) groups excluding carboxylic acids is 1. The number of ether oxygens (including phenoxy) is 1. The second-order valence-electron chi connectivity index (χ2n) is 6.65. The summed E-state index contributed by atoms with van der Waals surface area (Å²) in [7, 11) is 1.38. The molecule has 2 aromatic rings. The number of carbonyl (C=O) groups is 1. The van der Waals surface area contributed by atoms with Gasteiger partial charge >= 0.3 is 5.97 Å². The first-order valence-corrected chi connectivity index (χ1v) is 10.2. The molecule has 2 aliphatic rings.